The Hall–Kier alpha value is -1.63. The van der Waals surface area contributed by atoms with Crippen LogP contribution in [0.1, 0.15) is 26.0 Å². The summed E-state index contributed by atoms with van der Waals surface area (Å²) in [4.78, 5) is 11.0. The van der Waals surface area contributed by atoms with Gasteiger partial charge in [0, 0.05) is 6.54 Å². The van der Waals surface area contributed by atoms with Crippen molar-refractivity contribution in [2.75, 3.05) is 6.54 Å². The van der Waals surface area contributed by atoms with Crippen molar-refractivity contribution in [3.05, 3.63) is 40.1 Å². The molecule has 0 amide bonds. The lowest BCUT2D eigenvalue weighted by molar-refractivity contribution is -0.147. The van der Waals surface area contributed by atoms with Crippen LogP contribution in [0.25, 0.3) is 5.69 Å². The first kappa shape index (κ1) is 17.7. The first-order chi connectivity index (χ1) is 10.8. The Kier molecular flexibility index (Phi) is 5.62. The zero-order chi connectivity index (χ0) is 17.0. The number of benzene rings is 1. The standard InChI is InChI=1S/C15H18Cl2N4O2/c1-15(2,14(22)23)5-6-18-8-10-9-21(20-19-10)11-3-4-12(16)13(17)7-11/h3-4,7,9,18H,5-6,8H2,1-2H3,(H,22,23). The molecule has 0 aliphatic carbocycles. The first-order valence-corrected chi connectivity index (χ1v) is 7.86. The van der Waals surface area contributed by atoms with E-state index in [0.717, 1.165) is 11.4 Å². The third kappa shape index (κ3) is 4.67. The van der Waals surface area contributed by atoms with E-state index in [1.165, 1.54) is 0 Å². The summed E-state index contributed by atoms with van der Waals surface area (Å²) in [6.45, 7) is 4.51. The Labute approximate surface area is 144 Å². The summed E-state index contributed by atoms with van der Waals surface area (Å²) in [6.07, 6.45) is 2.32. The minimum absolute atomic E-state index is 0.454. The van der Waals surface area contributed by atoms with Crippen LogP contribution in [-0.4, -0.2) is 32.6 Å². The van der Waals surface area contributed by atoms with Gasteiger partial charge in [0.25, 0.3) is 0 Å². The Morgan fingerprint density at radius 1 is 1.35 bits per heavy atom. The number of nitrogens with one attached hydrogen (secondary N) is 1. The normalized spacial score (nSPS) is 11.7. The third-order valence-electron chi connectivity index (χ3n) is 3.52. The van der Waals surface area contributed by atoms with Crippen LogP contribution in [0.5, 0.6) is 0 Å². The summed E-state index contributed by atoms with van der Waals surface area (Å²) in [6, 6.07) is 5.22. The van der Waals surface area contributed by atoms with E-state index in [-0.39, 0.29) is 0 Å². The Bertz CT molecular complexity index is 701. The van der Waals surface area contributed by atoms with Gasteiger partial charge in [-0.1, -0.05) is 28.4 Å². The van der Waals surface area contributed by atoms with E-state index in [4.69, 9.17) is 28.3 Å². The molecule has 0 atom stereocenters. The number of carboxylic acids is 1. The van der Waals surface area contributed by atoms with Crippen LogP contribution < -0.4 is 5.32 Å². The minimum Gasteiger partial charge on any atom is -0.481 e. The van der Waals surface area contributed by atoms with Gasteiger partial charge in [0.15, 0.2) is 0 Å². The van der Waals surface area contributed by atoms with E-state index in [1.54, 1.807) is 42.9 Å². The number of hydrogen-bond acceptors (Lipinski definition) is 4. The van der Waals surface area contributed by atoms with Crippen molar-refractivity contribution >= 4 is 29.2 Å². The number of nitrogens with zero attached hydrogens (tertiary/aromatic N) is 3. The van der Waals surface area contributed by atoms with Crippen molar-refractivity contribution in [3.63, 3.8) is 0 Å². The topological polar surface area (TPSA) is 80.0 Å². The molecule has 1 aromatic carbocycles. The number of hydrogen-bond donors (Lipinski definition) is 2. The van der Waals surface area contributed by atoms with Crippen molar-refractivity contribution in [2.45, 2.75) is 26.8 Å². The van der Waals surface area contributed by atoms with Crippen LogP contribution in [0.2, 0.25) is 10.0 Å². The zero-order valence-corrected chi connectivity index (χ0v) is 14.4. The average Bonchev–Trinajstić information content (AvgIpc) is 2.95. The maximum absolute atomic E-state index is 11.0. The predicted molar refractivity (Wildman–Crippen MR) is 89.1 cm³/mol. The second-order valence-corrected chi connectivity index (χ2v) is 6.68. The first-order valence-electron chi connectivity index (χ1n) is 7.10. The molecule has 2 rings (SSSR count). The highest BCUT2D eigenvalue weighted by Gasteiger charge is 2.26. The molecular formula is C15H18Cl2N4O2. The van der Waals surface area contributed by atoms with Gasteiger partial charge in [-0.2, -0.15) is 0 Å². The quantitative estimate of drug-likeness (QED) is 0.744. The lowest BCUT2D eigenvalue weighted by Crippen LogP contribution is -2.28. The molecular weight excluding hydrogens is 339 g/mol. The molecule has 124 valence electrons. The fraction of sp³-hybridized carbons (Fsp3) is 0.400. The van der Waals surface area contributed by atoms with Crippen LogP contribution in [0.15, 0.2) is 24.4 Å². The molecule has 0 saturated heterocycles. The molecule has 8 heteroatoms. The fourth-order valence-corrected chi connectivity index (χ4v) is 2.15. The molecule has 1 aromatic heterocycles. The number of carboxylic acid groups (broad SMARTS) is 1. The second kappa shape index (κ2) is 7.29. The number of aliphatic carboxylic acids is 1. The maximum atomic E-state index is 11.0. The zero-order valence-electron chi connectivity index (χ0n) is 12.9. The van der Waals surface area contributed by atoms with Gasteiger partial charge in [0.05, 0.1) is 33.0 Å². The van der Waals surface area contributed by atoms with Gasteiger partial charge in [-0.3, -0.25) is 4.79 Å². The molecule has 2 N–H and O–H groups in total. The predicted octanol–water partition coefficient (Wildman–Crippen LogP) is 3.16. The number of carbonyl (C=O) groups is 1. The Balaban J connectivity index is 1.90. The summed E-state index contributed by atoms with van der Waals surface area (Å²) in [5, 5.41) is 21.3. The molecule has 0 radical (unpaired) electrons. The van der Waals surface area contributed by atoms with Crippen molar-refractivity contribution in [1.29, 1.82) is 0 Å². The smallest absolute Gasteiger partial charge is 0.309 e. The van der Waals surface area contributed by atoms with Gasteiger partial charge in [0.1, 0.15) is 0 Å². The van der Waals surface area contributed by atoms with E-state index >= 15 is 0 Å². The molecule has 23 heavy (non-hydrogen) atoms. The molecule has 0 aliphatic rings. The van der Waals surface area contributed by atoms with Crippen molar-refractivity contribution in [2.24, 2.45) is 5.41 Å². The van der Waals surface area contributed by atoms with E-state index in [1.807, 2.05) is 0 Å². The molecule has 0 saturated carbocycles. The average molecular weight is 357 g/mol. The second-order valence-electron chi connectivity index (χ2n) is 5.87. The summed E-state index contributed by atoms with van der Waals surface area (Å²) in [5.74, 6) is -0.801. The van der Waals surface area contributed by atoms with Gasteiger partial charge >= 0.3 is 5.97 Å². The van der Waals surface area contributed by atoms with Crippen LogP contribution in [-0.2, 0) is 11.3 Å². The van der Waals surface area contributed by atoms with E-state index in [2.05, 4.69) is 15.6 Å². The van der Waals surface area contributed by atoms with E-state index < -0.39 is 11.4 Å². The number of aromatic nitrogens is 3. The van der Waals surface area contributed by atoms with Gasteiger partial charge < -0.3 is 10.4 Å². The molecule has 0 fully saturated rings. The summed E-state index contributed by atoms with van der Waals surface area (Å²) < 4.78 is 1.61. The maximum Gasteiger partial charge on any atom is 0.309 e. The molecule has 0 aliphatic heterocycles. The van der Waals surface area contributed by atoms with Crippen LogP contribution >= 0.6 is 23.2 Å². The minimum atomic E-state index is -0.801. The number of halogens is 2. The van der Waals surface area contributed by atoms with E-state index in [9.17, 15) is 4.79 Å². The lowest BCUT2D eigenvalue weighted by Gasteiger charge is -2.18. The van der Waals surface area contributed by atoms with Gasteiger partial charge in [-0.15, -0.1) is 5.10 Å². The molecule has 0 spiro atoms. The van der Waals surface area contributed by atoms with Crippen LogP contribution in [0, 0.1) is 5.41 Å². The summed E-state index contributed by atoms with van der Waals surface area (Å²) in [5.41, 5.74) is 0.777. The van der Waals surface area contributed by atoms with Gasteiger partial charge in [-0.25, -0.2) is 4.68 Å². The monoisotopic (exact) mass is 356 g/mol. The van der Waals surface area contributed by atoms with Crippen molar-refractivity contribution in [3.8, 4) is 5.69 Å². The van der Waals surface area contributed by atoms with Crippen molar-refractivity contribution in [1.82, 2.24) is 20.3 Å². The molecule has 0 bridgehead atoms. The Morgan fingerprint density at radius 3 is 2.74 bits per heavy atom. The van der Waals surface area contributed by atoms with Gasteiger partial charge in [0.2, 0.25) is 0 Å². The van der Waals surface area contributed by atoms with Crippen LogP contribution in [0.3, 0.4) is 0 Å². The highest BCUT2D eigenvalue weighted by atomic mass is 35.5. The SMILES string of the molecule is CC(C)(CCNCc1cn(-c2ccc(Cl)c(Cl)c2)nn1)C(=O)O. The van der Waals surface area contributed by atoms with E-state index in [0.29, 0.717) is 29.6 Å². The highest BCUT2D eigenvalue weighted by Crippen LogP contribution is 2.24. The fourth-order valence-electron chi connectivity index (χ4n) is 1.86. The lowest BCUT2D eigenvalue weighted by atomic mass is 9.90. The summed E-state index contributed by atoms with van der Waals surface area (Å²) in [7, 11) is 0. The highest BCUT2D eigenvalue weighted by molar-refractivity contribution is 6.42. The number of rotatable bonds is 7. The molecule has 6 nitrogen and oxygen atoms in total. The van der Waals surface area contributed by atoms with Crippen LogP contribution in [0.4, 0.5) is 0 Å². The molecule has 0 unspecified atom stereocenters. The third-order valence-corrected chi connectivity index (χ3v) is 4.26. The van der Waals surface area contributed by atoms with Crippen molar-refractivity contribution < 1.29 is 9.90 Å². The molecule has 2 aromatic rings. The Morgan fingerprint density at radius 2 is 2.09 bits per heavy atom. The van der Waals surface area contributed by atoms with Gasteiger partial charge in [-0.05, 0) is 45.0 Å². The summed E-state index contributed by atoms with van der Waals surface area (Å²) >= 11 is 11.9. The molecule has 1 heterocycles. The largest absolute Gasteiger partial charge is 0.481 e.